The van der Waals surface area contributed by atoms with Crippen LogP contribution >= 0.6 is 0 Å². The third-order valence-corrected chi connectivity index (χ3v) is 4.20. The molecule has 0 spiro atoms. The number of ether oxygens (including phenoxy) is 1. The summed E-state index contributed by atoms with van der Waals surface area (Å²) in [6.07, 6.45) is -4.23. The second-order valence-corrected chi connectivity index (χ2v) is 6.60. The van der Waals surface area contributed by atoms with Crippen molar-refractivity contribution >= 4 is 5.91 Å². The quantitative estimate of drug-likeness (QED) is 0.911. The molecule has 1 aromatic rings. The average Bonchev–Trinajstić information content (AvgIpc) is 2.95. The summed E-state index contributed by atoms with van der Waals surface area (Å²) >= 11 is 0. The van der Waals surface area contributed by atoms with Gasteiger partial charge in [0.1, 0.15) is 5.75 Å². The number of carbonyl (C=O) groups is 1. The summed E-state index contributed by atoms with van der Waals surface area (Å²) in [5, 5.41) is 10.2. The summed E-state index contributed by atoms with van der Waals surface area (Å²) in [5.74, 6) is -0.790. The molecule has 1 fully saturated rings. The second kappa shape index (κ2) is 6.63. The molecule has 1 aromatic carbocycles. The number of alkyl halides is 3. The second-order valence-electron chi connectivity index (χ2n) is 6.60. The first-order valence-corrected chi connectivity index (χ1v) is 7.87. The number of para-hydroxylation sites is 1. The van der Waals surface area contributed by atoms with Gasteiger partial charge in [0.05, 0.1) is 17.2 Å². The molecule has 7 heteroatoms. The lowest BCUT2D eigenvalue weighted by Gasteiger charge is -2.35. The number of carbonyl (C=O) groups excluding carboxylic acids is 1. The van der Waals surface area contributed by atoms with Crippen molar-refractivity contribution < 1.29 is 27.8 Å². The molecule has 1 saturated heterocycles. The Hall–Kier alpha value is -1.76. The third-order valence-electron chi connectivity index (χ3n) is 4.20. The fourth-order valence-corrected chi connectivity index (χ4v) is 3.04. The van der Waals surface area contributed by atoms with Crippen LogP contribution in [0.5, 0.6) is 5.75 Å². The number of hydrogen-bond donors (Lipinski definition) is 1. The summed E-state index contributed by atoms with van der Waals surface area (Å²) in [6.45, 7) is 5.12. The Bertz CT molecular complexity index is 595. The lowest BCUT2D eigenvalue weighted by Crippen LogP contribution is -2.51. The van der Waals surface area contributed by atoms with Crippen LogP contribution in [0.4, 0.5) is 13.2 Å². The van der Waals surface area contributed by atoms with Crippen molar-refractivity contribution in [3.8, 4) is 5.75 Å². The van der Waals surface area contributed by atoms with Crippen LogP contribution in [-0.4, -0.2) is 40.2 Å². The fourth-order valence-electron chi connectivity index (χ4n) is 3.04. The van der Waals surface area contributed by atoms with Gasteiger partial charge in [-0.25, -0.2) is 0 Å². The molecule has 0 aromatic heterocycles. The van der Waals surface area contributed by atoms with Gasteiger partial charge in [0.2, 0.25) is 0 Å². The molecule has 2 rings (SSSR count). The minimum Gasteiger partial charge on any atom is -0.480 e. The van der Waals surface area contributed by atoms with Crippen LogP contribution in [0.3, 0.4) is 0 Å². The van der Waals surface area contributed by atoms with E-state index >= 15 is 0 Å². The maximum Gasteiger partial charge on any atom is 0.419 e. The minimum atomic E-state index is -4.55. The summed E-state index contributed by atoms with van der Waals surface area (Å²) in [4.78, 5) is 14.1. The topological polar surface area (TPSA) is 49.8 Å². The smallest absolute Gasteiger partial charge is 0.419 e. The van der Waals surface area contributed by atoms with Crippen molar-refractivity contribution in [3.63, 3.8) is 0 Å². The third kappa shape index (κ3) is 4.01. The molecule has 2 atom stereocenters. The lowest BCUT2D eigenvalue weighted by atomic mass is 9.96. The van der Waals surface area contributed by atoms with E-state index in [1.165, 1.54) is 30.0 Å². The highest BCUT2D eigenvalue weighted by Crippen LogP contribution is 2.36. The standard InChI is InChI=1S/C17H22F3NO3/c1-11(15(22)21-10-6-9-14(21)16(2,3)23)24-13-8-5-4-7-12(13)17(18,19)20/h4-5,7-8,11,14,23H,6,9-10H2,1-3H3. The van der Waals surface area contributed by atoms with Gasteiger partial charge in [-0.05, 0) is 45.7 Å². The van der Waals surface area contributed by atoms with Gasteiger partial charge in [0.25, 0.3) is 5.91 Å². The van der Waals surface area contributed by atoms with Crippen LogP contribution in [0, 0.1) is 0 Å². The van der Waals surface area contributed by atoms with Crippen molar-refractivity contribution in [1.29, 1.82) is 0 Å². The van der Waals surface area contributed by atoms with Gasteiger partial charge in [-0.2, -0.15) is 13.2 Å². The van der Waals surface area contributed by atoms with E-state index in [1.54, 1.807) is 13.8 Å². The zero-order valence-corrected chi connectivity index (χ0v) is 13.9. The van der Waals surface area contributed by atoms with Gasteiger partial charge < -0.3 is 14.7 Å². The molecule has 2 unspecified atom stereocenters. The minimum absolute atomic E-state index is 0.367. The van der Waals surface area contributed by atoms with Crippen LogP contribution in [0.25, 0.3) is 0 Å². The first-order valence-electron chi connectivity index (χ1n) is 7.87. The summed E-state index contributed by atoms with van der Waals surface area (Å²) in [5.41, 5.74) is -1.99. The van der Waals surface area contributed by atoms with Crippen LogP contribution in [-0.2, 0) is 11.0 Å². The Morgan fingerprint density at radius 3 is 2.54 bits per heavy atom. The molecular formula is C17H22F3NO3. The van der Waals surface area contributed by atoms with Crippen molar-refractivity contribution in [1.82, 2.24) is 4.90 Å². The lowest BCUT2D eigenvalue weighted by molar-refractivity contribution is -0.146. The summed E-state index contributed by atoms with van der Waals surface area (Å²) in [6, 6.07) is 4.45. The molecule has 1 amide bonds. The number of hydrogen-bond acceptors (Lipinski definition) is 3. The van der Waals surface area contributed by atoms with E-state index in [0.717, 1.165) is 12.5 Å². The molecular weight excluding hydrogens is 323 g/mol. The largest absolute Gasteiger partial charge is 0.480 e. The number of rotatable bonds is 4. The predicted molar refractivity (Wildman–Crippen MR) is 82.6 cm³/mol. The zero-order chi connectivity index (χ0) is 18.1. The Balaban J connectivity index is 2.16. The number of nitrogens with zero attached hydrogens (tertiary/aromatic N) is 1. The average molecular weight is 345 g/mol. The number of benzene rings is 1. The maximum atomic E-state index is 13.0. The maximum absolute atomic E-state index is 13.0. The number of amides is 1. The van der Waals surface area contributed by atoms with E-state index in [-0.39, 0.29) is 11.8 Å². The Kier molecular flexibility index (Phi) is 5.13. The highest BCUT2D eigenvalue weighted by Gasteiger charge is 2.41. The molecule has 0 bridgehead atoms. The van der Waals surface area contributed by atoms with E-state index in [2.05, 4.69) is 0 Å². The van der Waals surface area contributed by atoms with Gasteiger partial charge in [-0.15, -0.1) is 0 Å². The molecule has 1 aliphatic heterocycles. The Labute approximate surface area is 139 Å². The van der Waals surface area contributed by atoms with Crippen molar-refractivity contribution in [3.05, 3.63) is 29.8 Å². The zero-order valence-electron chi connectivity index (χ0n) is 13.9. The van der Waals surface area contributed by atoms with Crippen LogP contribution in [0.1, 0.15) is 39.2 Å². The molecule has 134 valence electrons. The van der Waals surface area contributed by atoms with Gasteiger partial charge in [-0.1, -0.05) is 12.1 Å². The van der Waals surface area contributed by atoms with E-state index in [4.69, 9.17) is 4.74 Å². The Morgan fingerprint density at radius 1 is 1.33 bits per heavy atom. The number of likely N-dealkylation sites (tertiary alicyclic amines) is 1. The number of halogens is 3. The molecule has 0 radical (unpaired) electrons. The van der Waals surface area contributed by atoms with E-state index in [1.807, 2.05) is 0 Å². The van der Waals surface area contributed by atoms with Crippen LogP contribution in [0.15, 0.2) is 24.3 Å². The SMILES string of the molecule is CC(Oc1ccccc1C(F)(F)F)C(=O)N1CCCC1C(C)(C)O. The highest BCUT2D eigenvalue weighted by molar-refractivity contribution is 5.81. The molecule has 1 N–H and O–H groups in total. The van der Waals surface area contributed by atoms with E-state index < -0.39 is 29.4 Å². The monoisotopic (exact) mass is 345 g/mol. The van der Waals surface area contributed by atoms with Gasteiger partial charge in [-0.3, -0.25) is 4.79 Å². The van der Waals surface area contributed by atoms with Crippen molar-refractivity contribution in [2.45, 2.75) is 57.5 Å². The van der Waals surface area contributed by atoms with Crippen LogP contribution < -0.4 is 4.74 Å². The fraction of sp³-hybridized carbons (Fsp3) is 0.588. The summed E-state index contributed by atoms with van der Waals surface area (Å²) in [7, 11) is 0. The Morgan fingerprint density at radius 2 is 1.96 bits per heavy atom. The van der Waals surface area contributed by atoms with E-state index in [0.29, 0.717) is 13.0 Å². The van der Waals surface area contributed by atoms with E-state index in [9.17, 15) is 23.1 Å². The van der Waals surface area contributed by atoms with Gasteiger partial charge in [0.15, 0.2) is 6.10 Å². The normalized spacial score (nSPS) is 20.1. The van der Waals surface area contributed by atoms with Gasteiger partial charge >= 0.3 is 6.18 Å². The predicted octanol–water partition coefficient (Wildman–Crippen LogP) is 3.23. The van der Waals surface area contributed by atoms with Crippen molar-refractivity contribution in [2.24, 2.45) is 0 Å². The van der Waals surface area contributed by atoms with Crippen LogP contribution in [0.2, 0.25) is 0 Å². The highest BCUT2D eigenvalue weighted by atomic mass is 19.4. The first-order chi connectivity index (χ1) is 11.0. The molecule has 1 heterocycles. The molecule has 0 aliphatic carbocycles. The van der Waals surface area contributed by atoms with Gasteiger partial charge in [0, 0.05) is 6.54 Å². The number of aliphatic hydroxyl groups is 1. The summed E-state index contributed by atoms with van der Waals surface area (Å²) < 4.78 is 44.3. The molecule has 24 heavy (non-hydrogen) atoms. The molecule has 1 aliphatic rings. The van der Waals surface area contributed by atoms with Crippen molar-refractivity contribution in [2.75, 3.05) is 6.54 Å². The molecule has 4 nitrogen and oxygen atoms in total. The molecule has 0 saturated carbocycles. The first kappa shape index (κ1) is 18.6.